The molecule has 1 N–H and O–H groups in total. The van der Waals surface area contributed by atoms with E-state index in [2.05, 4.69) is 17.2 Å². The molecule has 0 amide bonds. The lowest BCUT2D eigenvalue weighted by Crippen LogP contribution is -2.15. The summed E-state index contributed by atoms with van der Waals surface area (Å²) in [4.78, 5) is 4.29. The van der Waals surface area contributed by atoms with Crippen LogP contribution in [0.4, 0.5) is 5.69 Å². The van der Waals surface area contributed by atoms with Crippen LogP contribution in [0.15, 0.2) is 18.3 Å². The van der Waals surface area contributed by atoms with Gasteiger partial charge in [-0.3, -0.25) is 0 Å². The van der Waals surface area contributed by atoms with Gasteiger partial charge in [0, 0.05) is 19.2 Å². The highest BCUT2D eigenvalue weighted by Gasteiger charge is 2.22. The Balaban J connectivity index is 1.78. The summed E-state index contributed by atoms with van der Waals surface area (Å²) >= 11 is 0. The van der Waals surface area contributed by atoms with Crippen LogP contribution < -0.4 is 10.1 Å². The van der Waals surface area contributed by atoms with Crippen LogP contribution in [0.25, 0.3) is 0 Å². The fourth-order valence-corrected chi connectivity index (χ4v) is 2.59. The summed E-state index contributed by atoms with van der Waals surface area (Å²) in [5, 5.41) is 3.56. The minimum absolute atomic E-state index is 0.539. The van der Waals surface area contributed by atoms with E-state index < -0.39 is 0 Å². The van der Waals surface area contributed by atoms with Crippen LogP contribution in [-0.4, -0.2) is 31.3 Å². The molecule has 1 aromatic rings. The molecule has 4 nitrogen and oxygen atoms in total. The van der Waals surface area contributed by atoms with Crippen molar-refractivity contribution >= 4 is 5.69 Å². The second kappa shape index (κ2) is 7.34. The van der Waals surface area contributed by atoms with Crippen molar-refractivity contribution in [2.24, 2.45) is 5.92 Å². The summed E-state index contributed by atoms with van der Waals surface area (Å²) < 4.78 is 10.4. The van der Waals surface area contributed by atoms with Gasteiger partial charge in [-0.15, -0.1) is 0 Å². The van der Waals surface area contributed by atoms with Crippen LogP contribution in [0.3, 0.4) is 0 Å². The second-order valence-electron chi connectivity index (χ2n) is 5.15. The first kappa shape index (κ1) is 14.1. The number of ether oxygens (including phenoxy) is 2. The number of hydrogen-bond acceptors (Lipinski definition) is 4. The Labute approximate surface area is 115 Å². The van der Waals surface area contributed by atoms with Gasteiger partial charge in [0.1, 0.15) is 6.61 Å². The van der Waals surface area contributed by atoms with E-state index in [0.29, 0.717) is 25.1 Å². The molecule has 1 aliphatic rings. The fourth-order valence-electron chi connectivity index (χ4n) is 2.59. The monoisotopic (exact) mass is 264 g/mol. The van der Waals surface area contributed by atoms with Crippen molar-refractivity contribution in [2.75, 3.05) is 25.6 Å². The Hall–Kier alpha value is -1.29. The highest BCUT2D eigenvalue weighted by Crippen LogP contribution is 2.30. The van der Waals surface area contributed by atoms with Crippen molar-refractivity contribution in [3.05, 3.63) is 18.3 Å². The summed E-state index contributed by atoms with van der Waals surface area (Å²) in [6.07, 6.45) is 7.04. The van der Waals surface area contributed by atoms with E-state index in [4.69, 9.17) is 9.47 Å². The number of nitrogens with zero attached hydrogens (tertiary/aromatic N) is 1. The van der Waals surface area contributed by atoms with Gasteiger partial charge in [0.15, 0.2) is 0 Å². The molecule has 1 aliphatic carbocycles. The van der Waals surface area contributed by atoms with Crippen molar-refractivity contribution < 1.29 is 9.47 Å². The summed E-state index contributed by atoms with van der Waals surface area (Å²) in [5.41, 5.74) is 1.08. The molecule has 0 saturated heterocycles. The zero-order valence-corrected chi connectivity index (χ0v) is 11.9. The van der Waals surface area contributed by atoms with E-state index in [-0.39, 0.29) is 0 Å². The molecule has 106 valence electrons. The number of anilines is 1. The van der Waals surface area contributed by atoms with E-state index in [1.54, 1.807) is 7.11 Å². The molecule has 0 aromatic carbocycles. The molecule has 4 heteroatoms. The second-order valence-corrected chi connectivity index (χ2v) is 5.15. The molecule has 0 radical (unpaired) electrons. The minimum atomic E-state index is 0.539. The Kier molecular flexibility index (Phi) is 5.45. The molecule has 1 aromatic heterocycles. The standard InChI is InChI=1S/C15H24N2O2/c1-3-12-4-5-13(10-12)17-14-6-7-15(16-11-14)19-9-8-18-2/h6-7,11-13,17H,3-5,8-10H2,1-2H3. The number of pyridine rings is 1. The highest BCUT2D eigenvalue weighted by molar-refractivity contribution is 5.43. The first-order valence-corrected chi connectivity index (χ1v) is 7.16. The highest BCUT2D eigenvalue weighted by atomic mass is 16.5. The Morgan fingerprint density at radius 3 is 2.84 bits per heavy atom. The van der Waals surface area contributed by atoms with E-state index in [1.165, 1.54) is 25.7 Å². The van der Waals surface area contributed by atoms with Crippen LogP contribution in [-0.2, 0) is 4.74 Å². The van der Waals surface area contributed by atoms with Gasteiger partial charge < -0.3 is 14.8 Å². The molecule has 0 spiro atoms. The lowest BCUT2D eigenvalue weighted by atomic mass is 10.1. The van der Waals surface area contributed by atoms with Crippen LogP contribution in [0.1, 0.15) is 32.6 Å². The Morgan fingerprint density at radius 2 is 2.21 bits per heavy atom. The molecule has 1 saturated carbocycles. The first-order valence-electron chi connectivity index (χ1n) is 7.16. The molecule has 2 rings (SSSR count). The Bertz CT molecular complexity index is 367. The Morgan fingerprint density at radius 1 is 1.32 bits per heavy atom. The maximum absolute atomic E-state index is 5.44. The van der Waals surface area contributed by atoms with Crippen molar-refractivity contribution in [2.45, 2.75) is 38.6 Å². The predicted molar refractivity (Wildman–Crippen MR) is 76.7 cm³/mol. The summed E-state index contributed by atoms with van der Waals surface area (Å²) in [5.74, 6) is 1.54. The first-order chi connectivity index (χ1) is 9.31. The van der Waals surface area contributed by atoms with Crippen molar-refractivity contribution in [3.63, 3.8) is 0 Å². The van der Waals surface area contributed by atoms with Crippen LogP contribution in [0, 0.1) is 5.92 Å². The number of nitrogens with one attached hydrogen (secondary N) is 1. The third kappa shape index (κ3) is 4.39. The predicted octanol–water partition coefficient (Wildman–Crippen LogP) is 3.10. The van der Waals surface area contributed by atoms with Gasteiger partial charge in [-0.25, -0.2) is 4.98 Å². The number of hydrogen-bond donors (Lipinski definition) is 1. The molecule has 1 fully saturated rings. The molecular formula is C15H24N2O2. The number of rotatable bonds is 7. The largest absolute Gasteiger partial charge is 0.475 e. The lowest BCUT2D eigenvalue weighted by Gasteiger charge is -2.14. The molecule has 2 unspecified atom stereocenters. The van der Waals surface area contributed by atoms with Gasteiger partial charge in [-0.2, -0.15) is 0 Å². The molecule has 2 atom stereocenters. The zero-order chi connectivity index (χ0) is 13.5. The quantitative estimate of drug-likeness (QED) is 0.769. The topological polar surface area (TPSA) is 43.4 Å². The molecule has 1 heterocycles. The number of aromatic nitrogens is 1. The van der Waals surface area contributed by atoms with E-state index in [0.717, 1.165) is 11.6 Å². The van der Waals surface area contributed by atoms with Crippen molar-refractivity contribution in [1.29, 1.82) is 0 Å². The van der Waals surface area contributed by atoms with E-state index in [1.807, 2.05) is 18.3 Å². The molecule has 0 aliphatic heterocycles. The van der Waals surface area contributed by atoms with Gasteiger partial charge >= 0.3 is 0 Å². The SMILES string of the molecule is CCC1CCC(Nc2ccc(OCCOC)nc2)C1. The molecule has 0 bridgehead atoms. The van der Waals surface area contributed by atoms with Gasteiger partial charge in [0.05, 0.1) is 18.5 Å². The average molecular weight is 264 g/mol. The summed E-state index contributed by atoms with van der Waals surface area (Å²) in [7, 11) is 1.66. The maximum Gasteiger partial charge on any atom is 0.213 e. The lowest BCUT2D eigenvalue weighted by molar-refractivity contribution is 0.144. The normalized spacial score (nSPS) is 22.4. The summed E-state index contributed by atoms with van der Waals surface area (Å²) in [6, 6.07) is 4.55. The molecular weight excluding hydrogens is 240 g/mol. The van der Waals surface area contributed by atoms with E-state index >= 15 is 0 Å². The summed E-state index contributed by atoms with van der Waals surface area (Å²) in [6.45, 7) is 3.40. The van der Waals surface area contributed by atoms with Gasteiger partial charge in [0.2, 0.25) is 5.88 Å². The van der Waals surface area contributed by atoms with E-state index in [9.17, 15) is 0 Å². The zero-order valence-electron chi connectivity index (χ0n) is 11.9. The fraction of sp³-hybridized carbons (Fsp3) is 0.667. The van der Waals surface area contributed by atoms with Crippen LogP contribution in [0.5, 0.6) is 5.88 Å². The third-order valence-corrected chi connectivity index (χ3v) is 3.76. The minimum Gasteiger partial charge on any atom is -0.475 e. The third-order valence-electron chi connectivity index (χ3n) is 3.76. The number of methoxy groups -OCH3 is 1. The van der Waals surface area contributed by atoms with Crippen molar-refractivity contribution in [3.8, 4) is 5.88 Å². The van der Waals surface area contributed by atoms with Crippen LogP contribution in [0.2, 0.25) is 0 Å². The van der Waals surface area contributed by atoms with Crippen molar-refractivity contribution in [1.82, 2.24) is 4.98 Å². The average Bonchev–Trinajstić information content (AvgIpc) is 2.89. The van der Waals surface area contributed by atoms with Gasteiger partial charge in [-0.1, -0.05) is 13.3 Å². The molecule has 19 heavy (non-hydrogen) atoms. The smallest absolute Gasteiger partial charge is 0.213 e. The van der Waals surface area contributed by atoms with Crippen LogP contribution >= 0.6 is 0 Å². The van der Waals surface area contributed by atoms with Gasteiger partial charge in [0.25, 0.3) is 0 Å². The maximum atomic E-state index is 5.44. The van der Waals surface area contributed by atoms with Gasteiger partial charge in [-0.05, 0) is 31.2 Å².